The molecule has 1 aromatic carbocycles. The summed E-state index contributed by atoms with van der Waals surface area (Å²) in [7, 11) is 3.31. The van der Waals surface area contributed by atoms with Gasteiger partial charge in [-0.05, 0) is 41.0 Å². The third-order valence-corrected chi connectivity index (χ3v) is 3.73. The number of thioether (sulfide) groups is 1. The average molecular weight is 310 g/mol. The molecule has 0 N–H and O–H groups in total. The molecule has 0 aliphatic rings. The molecule has 1 aromatic rings. The van der Waals surface area contributed by atoms with Crippen LogP contribution in [0.15, 0.2) is 17.0 Å². The first-order chi connectivity index (χ1) is 6.24. The SMILES string of the molecule is COc1ccc(I)c(SC)c1OC. The molecule has 0 unspecified atom stereocenters. The molecule has 0 atom stereocenters. The third kappa shape index (κ3) is 2.22. The fourth-order valence-corrected chi connectivity index (χ4v) is 2.78. The van der Waals surface area contributed by atoms with E-state index in [0.29, 0.717) is 0 Å². The summed E-state index contributed by atoms with van der Waals surface area (Å²) in [6, 6.07) is 3.94. The predicted molar refractivity (Wildman–Crippen MR) is 64.0 cm³/mol. The molecule has 0 saturated carbocycles. The summed E-state index contributed by atoms with van der Waals surface area (Å²) < 4.78 is 11.7. The molecule has 0 radical (unpaired) electrons. The molecule has 0 aliphatic heterocycles. The molecule has 1 rings (SSSR count). The van der Waals surface area contributed by atoms with Gasteiger partial charge in [-0.3, -0.25) is 0 Å². The van der Waals surface area contributed by atoms with Gasteiger partial charge in [-0.15, -0.1) is 11.8 Å². The second-order valence-corrected chi connectivity index (χ2v) is 4.29. The van der Waals surface area contributed by atoms with E-state index in [4.69, 9.17) is 9.47 Å². The normalized spacial score (nSPS) is 9.85. The zero-order valence-electron chi connectivity index (χ0n) is 7.76. The van der Waals surface area contributed by atoms with Gasteiger partial charge in [0.2, 0.25) is 0 Å². The van der Waals surface area contributed by atoms with Gasteiger partial charge in [0.1, 0.15) is 0 Å². The Hall–Kier alpha value is -0.100. The van der Waals surface area contributed by atoms with Crippen molar-refractivity contribution in [1.29, 1.82) is 0 Å². The highest BCUT2D eigenvalue weighted by Crippen LogP contribution is 2.39. The lowest BCUT2D eigenvalue weighted by Gasteiger charge is -2.12. The van der Waals surface area contributed by atoms with Crippen LogP contribution < -0.4 is 9.47 Å². The molecular weight excluding hydrogens is 299 g/mol. The Morgan fingerprint density at radius 3 is 2.38 bits per heavy atom. The van der Waals surface area contributed by atoms with E-state index in [1.165, 1.54) is 3.57 Å². The smallest absolute Gasteiger partial charge is 0.175 e. The molecule has 13 heavy (non-hydrogen) atoms. The van der Waals surface area contributed by atoms with Gasteiger partial charge < -0.3 is 9.47 Å². The number of hydrogen-bond donors (Lipinski definition) is 0. The molecule has 4 heteroatoms. The first kappa shape index (κ1) is 11.0. The quantitative estimate of drug-likeness (QED) is 0.631. The van der Waals surface area contributed by atoms with Crippen molar-refractivity contribution in [3.05, 3.63) is 15.7 Å². The summed E-state index contributed by atoms with van der Waals surface area (Å²) in [6.45, 7) is 0. The highest BCUT2D eigenvalue weighted by Gasteiger charge is 2.11. The minimum Gasteiger partial charge on any atom is -0.493 e. The van der Waals surface area contributed by atoms with Crippen LogP contribution >= 0.6 is 34.4 Å². The van der Waals surface area contributed by atoms with Crippen LogP contribution in [0.5, 0.6) is 11.5 Å². The van der Waals surface area contributed by atoms with Crippen molar-refractivity contribution >= 4 is 34.4 Å². The maximum atomic E-state index is 5.29. The van der Waals surface area contributed by atoms with E-state index in [1.54, 1.807) is 26.0 Å². The topological polar surface area (TPSA) is 18.5 Å². The van der Waals surface area contributed by atoms with Gasteiger partial charge in [-0.2, -0.15) is 0 Å². The van der Waals surface area contributed by atoms with E-state index >= 15 is 0 Å². The van der Waals surface area contributed by atoms with Gasteiger partial charge in [0.15, 0.2) is 11.5 Å². The zero-order valence-corrected chi connectivity index (χ0v) is 10.7. The van der Waals surface area contributed by atoms with Crippen molar-refractivity contribution in [2.75, 3.05) is 20.5 Å². The standard InChI is InChI=1S/C9H11IO2S/c1-11-7-5-4-6(10)9(13-3)8(7)12-2/h4-5H,1-3H3. The Morgan fingerprint density at radius 2 is 1.92 bits per heavy atom. The van der Waals surface area contributed by atoms with Crippen molar-refractivity contribution in [3.63, 3.8) is 0 Å². The molecule has 0 aliphatic carbocycles. The Bertz CT molecular complexity index is 302. The van der Waals surface area contributed by atoms with Crippen LogP contribution in [0.4, 0.5) is 0 Å². The highest BCUT2D eigenvalue weighted by atomic mass is 127. The number of ether oxygens (including phenoxy) is 2. The summed E-state index contributed by atoms with van der Waals surface area (Å²) in [6.07, 6.45) is 2.03. The van der Waals surface area contributed by atoms with Gasteiger partial charge in [0.05, 0.1) is 19.1 Å². The molecule has 0 heterocycles. The van der Waals surface area contributed by atoms with Crippen LogP contribution in [-0.4, -0.2) is 20.5 Å². The summed E-state index contributed by atoms with van der Waals surface area (Å²) in [5, 5.41) is 0. The predicted octanol–water partition coefficient (Wildman–Crippen LogP) is 3.03. The van der Waals surface area contributed by atoms with E-state index < -0.39 is 0 Å². The maximum absolute atomic E-state index is 5.29. The van der Waals surface area contributed by atoms with Crippen LogP contribution in [0.3, 0.4) is 0 Å². The molecule has 2 nitrogen and oxygen atoms in total. The largest absolute Gasteiger partial charge is 0.493 e. The lowest BCUT2D eigenvalue weighted by Crippen LogP contribution is -1.93. The van der Waals surface area contributed by atoms with E-state index in [0.717, 1.165) is 16.4 Å². The minimum atomic E-state index is 0.785. The number of halogens is 1. The van der Waals surface area contributed by atoms with E-state index in [1.807, 2.05) is 18.4 Å². The van der Waals surface area contributed by atoms with Gasteiger partial charge in [0, 0.05) is 3.57 Å². The van der Waals surface area contributed by atoms with Crippen LogP contribution in [0, 0.1) is 3.57 Å². The zero-order chi connectivity index (χ0) is 9.84. The Balaban J connectivity index is 3.27. The second kappa shape index (κ2) is 4.95. The van der Waals surface area contributed by atoms with Crippen LogP contribution in [0.1, 0.15) is 0 Å². The first-order valence-corrected chi connectivity index (χ1v) is 5.99. The highest BCUT2D eigenvalue weighted by molar-refractivity contribution is 14.1. The van der Waals surface area contributed by atoms with Crippen molar-refractivity contribution < 1.29 is 9.47 Å². The van der Waals surface area contributed by atoms with E-state index in [-0.39, 0.29) is 0 Å². The number of methoxy groups -OCH3 is 2. The van der Waals surface area contributed by atoms with Crippen molar-refractivity contribution in [3.8, 4) is 11.5 Å². The molecule has 0 spiro atoms. The van der Waals surface area contributed by atoms with Crippen LogP contribution in [0.2, 0.25) is 0 Å². The van der Waals surface area contributed by atoms with Crippen molar-refractivity contribution in [2.45, 2.75) is 4.90 Å². The average Bonchev–Trinajstić information content (AvgIpc) is 2.17. The Kier molecular flexibility index (Phi) is 4.18. The fourth-order valence-electron chi connectivity index (χ4n) is 1.06. The maximum Gasteiger partial charge on any atom is 0.175 e. The first-order valence-electron chi connectivity index (χ1n) is 3.69. The molecule has 0 fully saturated rings. The number of hydrogen-bond acceptors (Lipinski definition) is 3. The summed E-state index contributed by atoms with van der Waals surface area (Å²) in [5.74, 6) is 1.61. The third-order valence-electron chi connectivity index (χ3n) is 1.66. The monoisotopic (exact) mass is 310 g/mol. The molecule has 72 valence electrons. The molecule has 0 bridgehead atoms. The van der Waals surface area contributed by atoms with Gasteiger partial charge in [-0.1, -0.05) is 0 Å². The lowest BCUT2D eigenvalue weighted by molar-refractivity contribution is 0.347. The Labute approximate surface area is 96.1 Å². The number of rotatable bonds is 3. The van der Waals surface area contributed by atoms with Crippen molar-refractivity contribution in [1.82, 2.24) is 0 Å². The van der Waals surface area contributed by atoms with Crippen LogP contribution in [-0.2, 0) is 0 Å². The summed E-state index contributed by atoms with van der Waals surface area (Å²) in [5.41, 5.74) is 0. The van der Waals surface area contributed by atoms with Gasteiger partial charge >= 0.3 is 0 Å². The van der Waals surface area contributed by atoms with Crippen LogP contribution in [0.25, 0.3) is 0 Å². The second-order valence-electron chi connectivity index (χ2n) is 2.32. The summed E-state index contributed by atoms with van der Waals surface area (Å²) in [4.78, 5) is 1.13. The van der Waals surface area contributed by atoms with Gasteiger partial charge in [0.25, 0.3) is 0 Å². The van der Waals surface area contributed by atoms with Crippen molar-refractivity contribution in [2.24, 2.45) is 0 Å². The van der Waals surface area contributed by atoms with E-state index in [9.17, 15) is 0 Å². The Morgan fingerprint density at radius 1 is 1.23 bits per heavy atom. The molecular formula is C9H11IO2S. The molecule has 0 saturated heterocycles. The molecule has 0 aromatic heterocycles. The number of benzene rings is 1. The fraction of sp³-hybridized carbons (Fsp3) is 0.333. The van der Waals surface area contributed by atoms with E-state index in [2.05, 4.69) is 22.6 Å². The minimum absolute atomic E-state index is 0.785. The molecule has 0 amide bonds. The lowest BCUT2D eigenvalue weighted by atomic mass is 10.3. The summed E-state index contributed by atoms with van der Waals surface area (Å²) >= 11 is 3.95. The van der Waals surface area contributed by atoms with Gasteiger partial charge in [-0.25, -0.2) is 0 Å².